The van der Waals surface area contributed by atoms with Crippen LogP contribution in [-0.2, 0) is 17.6 Å². The zero-order chi connectivity index (χ0) is 17.1. The molecule has 0 atom stereocenters. The van der Waals surface area contributed by atoms with Crippen LogP contribution in [0.4, 0.5) is 28.9 Å². The van der Waals surface area contributed by atoms with Crippen LogP contribution in [0, 0.1) is 23.3 Å². The van der Waals surface area contributed by atoms with Gasteiger partial charge in [-0.15, -0.1) is 0 Å². The van der Waals surface area contributed by atoms with Crippen LogP contribution in [-0.4, -0.2) is 11.1 Å². The van der Waals surface area contributed by atoms with Crippen LogP contribution >= 0.6 is 0 Å². The van der Waals surface area contributed by atoms with Crippen LogP contribution in [0.1, 0.15) is 18.1 Å². The van der Waals surface area contributed by atoms with E-state index in [0.29, 0.717) is 18.1 Å². The Kier molecular flexibility index (Phi) is 4.88. The molecule has 0 saturated carbocycles. The van der Waals surface area contributed by atoms with Gasteiger partial charge in [-0.05, 0) is 23.6 Å². The Labute approximate surface area is 129 Å². The van der Waals surface area contributed by atoms with Gasteiger partial charge in [0.2, 0.25) is 0 Å². The number of hydrogen-bond acceptors (Lipinski definition) is 2. The van der Waals surface area contributed by atoms with Gasteiger partial charge >= 0.3 is 5.97 Å². The molecule has 7 heteroatoms. The normalized spacial score (nSPS) is 10.7. The van der Waals surface area contributed by atoms with Crippen molar-refractivity contribution in [1.82, 2.24) is 0 Å². The highest BCUT2D eigenvalue weighted by Crippen LogP contribution is 2.28. The summed E-state index contributed by atoms with van der Waals surface area (Å²) in [5.74, 6) is -8.07. The summed E-state index contributed by atoms with van der Waals surface area (Å²) in [5.41, 5.74) is 0.733. The molecule has 0 heterocycles. The van der Waals surface area contributed by atoms with Gasteiger partial charge in [0.15, 0.2) is 23.3 Å². The van der Waals surface area contributed by atoms with E-state index in [1.807, 2.05) is 6.92 Å². The van der Waals surface area contributed by atoms with Crippen LogP contribution in [0.3, 0.4) is 0 Å². The highest BCUT2D eigenvalue weighted by atomic mass is 19.2. The molecular formula is C16H13F4NO2. The first-order valence-corrected chi connectivity index (χ1v) is 6.77. The minimum atomic E-state index is -1.93. The van der Waals surface area contributed by atoms with Crippen LogP contribution in [0.5, 0.6) is 0 Å². The Morgan fingerprint density at radius 2 is 1.74 bits per heavy atom. The summed E-state index contributed by atoms with van der Waals surface area (Å²) in [4.78, 5) is 10.9. The third kappa shape index (κ3) is 3.61. The number of anilines is 2. The Bertz CT molecular complexity index is 762. The lowest BCUT2D eigenvalue weighted by Gasteiger charge is -2.14. The predicted molar refractivity (Wildman–Crippen MR) is 76.7 cm³/mol. The number of hydrogen-bond donors (Lipinski definition) is 2. The van der Waals surface area contributed by atoms with Gasteiger partial charge in [-0.3, -0.25) is 4.79 Å². The highest BCUT2D eigenvalue weighted by molar-refractivity contribution is 5.75. The first-order valence-electron chi connectivity index (χ1n) is 6.77. The Morgan fingerprint density at radius 1 is 1.04 bits per heavy atom. The van der Waals surface area contributed by atoms with Crippen molar-refractivity contribution in [2.45, 2.75) is 19.8 Å². The minimum Gasteiger partial charge on any atom is -0.481 e. The zero-order valence-corrected chi connectivity index (χ0v) is 12.1. The number of aliphatic carboxylic acids is 1. The van der Waals surface area contributed by atoms with Crippen molar-refractivity contribution in [1.29, 1.82) is 0 Å². The van der Waals surface area contributed by atoms with E-state index in [-0.39, 0.29) is 12.1 Å². The van der Waals surface area contributed by atoms with Crippen LogP contribution in [0.2, 0.25) is 0 Å². The molecule has 0 saturated heterocycles. The Morgan fingerprint density at radius 3 is 2.35 bits per heavy atom. The lowest BCUT2D eigenvalue weighted by Crippen LogP contribution is -2.07. The Balaban J connectivity index is 2.46. The molecule has 0 aliphatic rings. The molecule has 2 N–H and O–H groups in total. The molecule has 122 valence electrons. The third-order valence-corrected chi connectivity index (χ3v) is 3.29. The maximum absolute atomic E-state index is 13.7. The van der Waals surface area contributed by atoms with Crippen molar-refractivity contribution in [2.75, 3.05) is 5.32 Å². The molecule has 0 radical (unpaired) electrons. The smallest absolute Gasteiger partial charge is 0.307 e. The molecule has 3 nitrogen and oxygen atoms in total. The maximum Gasteiger partial charge on any atom is 0.307 e. The number of benzene rings is 2. The number of carboxylic acid groups (broad SMARTS) is 1. The molecule has 2 aromatic rings. The fourth-order valence-electron chi connectivity index (χ4n) is 2.11. The number of aryl methyl sites for hydroxylation is 1. The van der Waals surface area contributed by atoms with Crippen molar-refractivity contribution >= 4 is 17.3 Å². The van der Waals surface area contributed by atoms with E-state index in [1.54, 1.807) is 12.1 Å². The summed E-state index contributed by atoms with van der Waals surface area (Å²) in [6.07, 6.45) is 0.297. The summed E-state index contributed by atoms with van der Waals surface area (Å²) in [5, 5.41) is 11.4. The van der Waals surface area contributed by atoms with Gasteiger partial charge < -0.3 is 10.4 Å². The van der Waals surface area contributed by atoms with Gasteiger partial charge in [-0.25, -0.2) is 17.6 Å². The molecule has 2 aromatic carbocycles. The summed E-state index contributed by atoms with van der Waals surface area (Å²) >= 11 is 0. The van der Waals surface area contributed by atoms with Crippen molar-refractivity contribution in [3.8, 4) is 0 Å². The van der Waals surface area contributed by atoms with E-state index in [4.69, 9.17) is 5.11 Å². The lowest BCUT2D eigenvalue weighted by molar-refractivity contribution is -0.136. The van der Waals surface area contributed by atoms with Crippen LogP contribution in [0.25, 0.3) is 0 Å². The van der Waals surface area contributed by atoms with E-state index in [2.05, 4.69) is 5.32 Å². The Hall–Kier alpha value is -2.57. The van der Waals surface area contributed by atoms with E-state index >= 15 is 0 Å². The van der Waals surface area contributed by atoms with Gasteiger partial charge in [0.25, 0.3) is 0 Å². The van der Waals surface area contributed by atoms with Gasteiger partial charge in [0, 0.05) is 11.8 Å². The minimum absolute atomic E-state index is 0.175. The van der Waals surface area contributed by atoms with E-state index < -0.39 is 34.9 Å². The van der Waals surface area contributed by atoms with Crippen molar-refractivity contribution in [3.05, 3.63) is 58.7 Å². The first-order chi connectivity index (χ1) is 10.8. The average molecular weight is 327 g/mol. The summed E-state index contributed by atoms with van der Waals surface area (Å²) in [7, 11) is 0. The molecular weight excluding hydrogens is 314 g/mol. The summed E-state index contributed by atoms with van der Waals surface area (Å²) in [6, 6.07) is 5.23. The second-order valence-electron chi connectivity index (χ2n) is 4.89. The third-order valence-electron chi connectivity index (χ3n) is 3.29. The van der Waals surface area contributed by atoms with Crippen molar-refractivity contribution in [2.24, 2.45) is 0 Å². The molecule has 0 bridgehead atoms. The number of halogens is 4. The van der Waals surface area contributed by atoms with Crippen LogP contribution in [0.15, 0.2) is 24.3 Å². The van der Waals surface area contributed by atoms with Gasteiger partial charge in [-0.1, -0.05) is 19.1 Å². The second-order valence-corrected chi connectivity index (χ2v) is 4.89. The van der Waals surface area contributed by atoms with Gasteiger partial charge in [0.1, 0.15) is 0 Å². The molecule has 0 fully saturated rings. The molecule has 2 rings (SSSR count). The van der Waals surface area contributed by atoms with Gasteiger partial charge in [0.05, 0.1) is 12.1 Å². The molecule has 0 aliphatic heterocycles. The van der Waals surface area contributed by atoms with Crippen LogP contribution < -0.4 is 5.32 Å². The van der Waals surface area contributed by atoms with E-state index in [1.165, 1.54) is 6.07 Å². The fourth-order valence-corrected chi connectivity index (χ4v) is 2.11. The number of nitrogens with one attached hydrogen (secondary N) is 1. The molecule has 0 unspecified atom stereocenters. The average Bonchev–Trinajstić information content (AvgIpc) is 2.51. The van der Waals surface area contributed by atoms with E-state index in [9.17, 15) is 22.4 Å². The molecule has 23 heavy (non-hydrogen) atoms. The maximum atomic E-state index is 13.7. The number of rotatable bonds is 5. The summed E-state index contributed by atoms with van der Waals surface area (Å²) in [6.45, 7) is 1.87. The van der Waals surface area contributed by atoms with Crippen molar-refractivity contribution in [3.63, 3.8) is 0 Å². The molecule has 0 spiro atoms. The number of carboxylic acids is 1. The lowest BCUT2D eigenvalue weighted by atomic mass is 10.0. The second kappa shape index (κ2) is 6.68. The van der Waals surface area contributed by atoms with E-state index in [0.717, 1.165) is 5.56 Å². The topological polar surface area (TPSA) is 49.3 Å². The standard InChI is InChI=1S/C16H13F4NO2/c1-2-8-3-4-11(9(5-8)6-13(22)23)21-12-7-10(17)14(18)16(20)15(12)19/h3-5,7,21H,2,6H2,1H3,(H,22,23). The molecule has 0 aliphatic carbocycles. The monoisotopic (exact) mass is 327 g/mol. The highest BCUT2D eigenvalue weighted by Gasteiger charge is 2.19. The number of carbonyl (C=O) groups is 1. The molecule has 0 aromatic heterocycles. The molecule has 0 amide bonds. The largest absolute Gasteiger partial charge is 0.481 e. The predicted octanol–water partition coefficient (Wildman–Crippen LogP) is 4.18. The summed E-state index contributed by atoms with van der Waals surface area (Å²) < 4.78 is 53.2. The SMILES string of the molecule is CCc1ccc(Nc2cc(F)c(F)c(F)c2F)c(CC(=O)O)c1. The van der Waals surface area contributed by atoms with Gasteiger partial charge in [-0.2, -0.15) is 0 Å². The first kappa shape index (κ1) is 16.8. The fraction of sp³-hybridized carbons (Fsp3) is 0.188. The zero-order valence-electron chi connectivity index (χ0n) is 12.1. The quantitative estimate of drug-likeness (QED) is 0.492. The van der Waals surface area contributed by atoms with Crippen molar-refractivity contribution < 1.29 is 27.5 Å².